The fraction of sp³-hybridized carbons (Fsp3) is 0.429. The van der Waals surface area contributed by atoms with E-state index in [0.717, 1.165) is 16.6 Å². The summed E-state index contributed by atoms with van der Waals surface area (Å²) in [5.41, 5.74) is -0.761. The topological polar surface area (TPSA) is 89.6 Å². The Morgan fingerprint density at radius 1 is 1.00 bits per heavy atom. The zero-order valence-electron chi connectivity index (χ0n) is 21.2. The minimum absolute atomic E-state index is 0.0480. The van der Waals surface area contributed by atoms with Crippen molar-refractivity contribution in [3.63, 3.8) is 0 Å². The van der Waals surface area contributed by atoms with Gasteiger partial charge in [-0.2, -0.15) is 18.3 Å². The number of carbonyl (C=O) groups excluding carboxylic acids is 3. The monoisotopic (exact) mass is 539 g/mol. The molecule has 8 nitrogen and oxygen atoms in total. The van der Waals surface area contributed by atoms with Crippen molar-refractivity contribution >= 4 is 34.2 Å². The predicted octanol–water partition coefficient (Wildman–Crippen LogP) is 4.15. The number of aromatic amines is 1. The largest absolute Gasteiger partial charge is 0.394 e. The van der Waals surface area contributed by atoms with E-state index in [4.69, 9.17) is 0 Å². The molecular formula is C28H28F3N5O3. The maximum Gasteiger partial charge on any atom is 0.394 e. The van der Waals surface area contributed by atoms with Crippen LogP contribution in [0.25, 0.3) is 10.9 Å². The number of carbonyl (C=O) groups is 3. The molecule has 11 heteroatoms. The number of benzene rings is 2. The number of anilines is 1. The Balaban J connectivity index is 1.20. The third-order valence-electron chi connectivity index (χ3n) is 8.50. The molecule has 3 aromatic rings. The van der Waals surface area contributed by atoms with Gasteiger partial charge in [-0.25, -0.2) is 0 Å². The molecular weight excluding hydrogens is 511 g/mol. The second kappa shape index (κ2) is 9.10. The predicted molar refractivity (Wildman–Crippen MR) is 137 cm³/mol. The van der Waals surface area contributed by atoms with Gasteiger partial charge in [0.2, 0.25) is 5.91 Å². The fourth-order valence-corrected chi connectivity index (χ4v) is 6.02. The van der Waals surface area contributed by atoms with Crippen LogP contribution in [-0.2, 0) is 9.59 Å². The van der Waals surface area contributed by atoms with Gasteiger partial charge < -0.3 is 14.7 Å². The second-order valence-corrected chi connectivity index (χ2v) is 10.9. The molecule has 3 aliphatic rings. The molecule has 1 N–H and O–H groups in total. The number of nitrogens with one attached hydrogen (secondary N) is 1. The van der Waals surface area contributed by atoms with Crippen LogP contribution in [0.4, 0.5) is 18.9 Å². The molecule has 2 aromatic carbocycles. The zero-order chi connectivity index (χ0) is 27.4. The van der Waals surface area contributed by atoms with Crippen molar-refractivity contribution in [1.82, 2.24) is 20.0 Å². The van der Waals surface area contributed by atoms with E-state index < -0.39 is 29.3 Å². The van der Waals surface area contributed by atoms with Gasteiger partial charge in [-0.1, -0.05) is 18.2 Å². The first kappa shape index (κ1) is 25.4. The van der Waals surface area contributed by atoms with Gasteiger partial charge >= 0.3 is 6.18 Å². The van der Waals surface area contributed by atoms with E-state index >= 15 is 0 Å². The number of hydrogen-bond acceptors (Lipinski definition) is 5. The Bertz CT molecular complexity index is 1420. The van der Waals surface area contributed by atoms with Gasteiger partial charge in [0.05, 0.1) is 30.3 Å². The Morgan fingerprint density at radius 2 is 1.72 bits per heavy atom. The van der Waals surface area contributed by atoms with Gasteiger partial charge in [0.15, 0.2) is 5.78 Å². The van der Waals surface area contributed by atoms with E-state index in [-0.39, 0.29) is 37.9 Å². The molecule has 2 amide bonds. The van der Waals surface area contributed by atoms with E-state index in [1.54, 1.807) is 29.3 Å². The van der Waals surface area contributed by atoms with Crippen LogP contribution in [-0.4, -0.2) is 75.6 Å². The molecule has 1 saturated carbocycles. The number of H-pyrrole nitrogens is 1. The maximum atomic E-state index is 13.8. The Labute approximate surface area is 222 Å². The number of fused-ring (bicyclic) bond motifs is 1. The van der Waals surface area contributed by atoms with E-state index in [9.17, 15) is 27.6 Å². The number of ketones is 1. The number of halogens is 3. The summed E-state index contributed by atoms with van der Waals surface area (Å²) in [5.74, 6) is -0.993. The van der Waals surface area contributed by atoms with Crippen molar-refractivity contribution in [2.24, 2.45) is 5.41 Å². The molecule has 2 aliphatic heterocycles. The van der Waals surface area contributed by atoms with Gasteiger partial charge in [-0.15, -0.1) is 0 Å². The van der Waals surface area contributed by atoms with Crippen molar-refractivity contribution in [3.05, 3.63) is 60.3 Å². The summed E-state index contributed by atoms with van der Waals surface area (Å²) in [7, 11) is 0. The van der Waals surface area contributed by atoms with E-state index in [1.807, 2.05) is 35.2 Å². The lowest BCUT2D eigenvalue weighted by atomic mass is 9.85. The highest BCUT2D eigenvalue weighted by molar-refractivity contribution is 5.99. The number of amides is 2. The van der Waals surface area contributed by atoms with Crippen molar-refractivity contribution in [2.45, 2.75) is 43.8 Å². The van der Waals surface area contributed by atoms with Gasteiger partial charge in [0.25, 0.3) is 5.91 Å². The summed E-state index contributed by atoms with van der Waals surface area (Å²) < 4.78 is 40.3. The van der Waals surface area contributed by atoms with Crippen molar-refractivity contribution in [2.75, 3.05) is 31.2 Å². The molecule has 0 unspecified atom stereocenters. The van der Waals surface area contributed by atoms with Gasteiger partial charge in [0.1, 0.15) is 5.54 Å². The van der Waals surface area contributed by atoms with E-state index in [2.05, 4.69) is 10.2 Å². The molecule has 3 heterocycles. The van der Waals surface area contributed by atoms with Crippen LogP contribution < -0.4 is 4.90 Å². The summed E-state index contributed by atoms with van der Waals surface area (Å²) in [6.07, 6.45) is -2.77. The zero-order valence-corrected chi connectivity index (χ0v) is 21.2. The van der Waals surface area contributed by atoms with Crippen LogP contribution in [0.1, 0.15) is 42.5 Å². The quantitative estimate of drug-likeness (QED) is 0.509. The minimum atomic E-state index is -4.42. The van der Waals surface area contributed by atoms with Crippen LogP contribution in [0.5, 0.6) is 0 Å². The van der Waals surface area contributed by atoms with Crippen LogP contribution in [0, 0.1) is 5.41 Å². The lowest BCUT2D eigenvalue weighted by Crippen LogP contribution is -2.57. The molecule has 2 saturated heterocycles. The molecule has 6 rings (SSSR count). The molecule has 0 radical (unpaired) electrons. The highest BCUT2D eigenvalue weighted by atomic mass is 19.4. The molecule has 3 fully saturated rings. The fourth-order valence-electron chi connectivity index (χ4n) is 6.02. The Hall–Kier alpha value is -3.89. The third-order valence-corrected chi connectivity index (χ3v) is 8.50. The summed E-state index contributed by atoms with van der Waals surface area (Å²) in [6, 6.07) is 14.6. The molecule has 1 spiro atoms. The minimum Gasteiger partial charge on any atom is -0.339 e. The number of rotatable bonds is 6. The van der Waals surface area contributed by atoms with Crippen LogP contribution in [0.3, 0.4) is 0 Å². The Kier molecular flexibility index (Phi) is 5.92. The van der Waals surface area contributed by atoms with Crippen LogP contribution >= 0.6 is 0 Å². The smallest absolute Gasteiger partial charge is 0.339 e. The number of aromatic nitrogens is 2. The lowest BCUT2D eigenvalue weighted by Gasteiger charge is -2.43. The molecule has 1 aromatic heterocycles. The molecule has 0 bridgehead atoms. The first-order chi connectivity index (χ1) is 18.6. The van der Waals surface area contributed by atoms with E-state index in [0.29, 0.717) is 31.5 Å². The molecule has 204 valence electrons. The highest BCUT2D eigenvalue weighted by Gasteiger charge is 2.64. The number of Topliss-reactive ketones (excluding diaryl/α,β-unsaturated/α-hetero) is 1. The average Bonchev–Trinajstić information content (AvgIpc) is 3.49. The lowest BCUT2D eigenvalue weighted by molar-refractivity contribution is -0.190. The number of likely N-dealkylation sites (tertiary alicyclic amines) is 1. The van der Waals surface area contributed by atoms with Crippen molar-refractivity contribution in [3.8, 4) is 0 Å². The number of nitrogens with zero attached hydrogens (tertiary/aromatic N) is 4. The second-order valence-electron chi connectivity index (χ2n) is 10.9. The average molecular weight is 540 g/mol. The molecule has 1 aliphatic carbocycles. The van der Waals surface area contributed by atoms with Crippen LogP contribution in [0.2, 0.25) is 0 Å². The molecule has 0 atom stereocenters. The SMILES string of the molecule is O=C(CN1CN(c2ccccc2)C2(CCN(C(=O)c3ccc4[nH]ncc4c3)CC2)C1=O)CC1(C(F)(F)F)CC1. The van der Waals surface area contributed by atoms with E-state index in [1.165, 1.54) is 4.90 Å². The first-order valence-electron chi connectivity index (χ1n) is 13.0. The van der Waals surface area contributed by atoms with Gasteiger partial charge in [-0.3, -0.25) is 19.5 Å². The normalized spacial score (nSPS) is 20.2. The van der Waals surface area contributed by atoms with Crippen LogP contribution in [0.15, 0.2) is 54.7 Å². The van der Waals surface area contributed by atoms with Crippen molar-refractivity contribution in [1.29, 1.82) is 0 Å². The molecule has 39 heavy (non-hydrogen) atoms. The van der Waals surface area contributed by atoms with Gasteiger partial charge in [-0.05, 0) is 56.0 Å². The standard InChI is InChI=1S/C28H28F3N5O3/c29-28(30,31)26(8-9-26)15-22(37)17-35-18-36(21-4-2-1-3-5-21)27(25(35)39)10-12-34(13-11-27)24(38)19-6-7-23-20(14-19)16-32-33-23/h1-7,14,16H,8-13,15,17-18H2,(H,32,33). The highest BCUT2D eigenvalue weighted by Crippen LogP contribution is 2.60. The summed E-state index contributed by atoms with van der Waals surface area (Å²) in [5, 5.41) is 7.68. The maximum absolute atomic E-state index is 13.8. The Morgan fingerprint density at radius 3 is 2.38 bits per heavy atom. The summed E-state index contributed by atoms with van der Waals surface area (Å²) >= 11 is 0. The third kappa shape index (κ3) is 4.33. The summed E-state index contributed by atoms with van der Waals surface area (Å²) in [4.78, 5) is 44.9. The van der Waals surface area contributed by atoms with Gasteiger partial charge in [0, 0.05) is 36.1 Å². The van der Waals surface area contributed by atoms with Crippen molar-refractivity contribution < 1.29 is 27.6 Å². The number of alkyl halides is 3. The number of hydrogen-bond donors (Lipinski definition) is 1. The number of piperidine rings is 1. The summed E-state index contributed by atoms with van der Waals surface area (Å²) in [6.45, 7) is 0.417. The number of para-hydroxylation sites is 1. The first-order valence-corrected chi connectivity index (χ1v) is 13.0.